The summed E-state index contributed by atoms with van der Waals surface area (Å²) in [6.45, 7) is 28.3. The first-order valence-electron chi connectivity index (χ1n) is 16.9. The highest BCUT2D eigenvalue weighted by molar-refractivity contribution is 7.99. The Kier molecular flexibility index (Phi) is 12.8. The van der Waals surface area contributed by atoms with Gasteiger partial charge in [0.15, 0.2) is 0 Å². The number of carbonyl (C=O) groups is 2. The van der Waals surface area contributed by atoms with Crippen molar-refractivity contribution in [1.82, 2.24) is 0 Å². The van der Waals surface area contributed by atoms with Crippen LogP contribution in [0.5, 0.6) is 0 Å². The molecule has 0 spiro atoms. The van der Waals surface area contributed by atoms with Crippen LogP contribution in [0.3, 0.4) is 0 Å². The van der Waals surface area contributed by atoms with Crippen molar-refractivity contribution in [3.63, 3.8) is 0 Å². The van der Waals surface area contributed by atoms with Crippen molar-refractivity contribution in [2.75, 3.05) is 11.5 Å². The van der Waals surface area contributed by atoms with Gasteiger partial charge in [0.05, 0.1) is 0 Å². The van der Waals surface area contributed by atoms with E-state index in [0.717, 1.165) is 33.4 Å². The number of aliphatic carboxylic acids is 2. The Bertz CT molecular complexity index is 1310. The molecular formula is C40H62O6S. The summed E-state index contributed by atoms with van der Waals surface area (Å²) in [6.07, 6.45) is 6.46. The molecule has 0 aromatic heterocycles. The first kappa shape index (κ1) is 40.5. The van der Waals surface area contributed by atoms with Gasteiger partial charge in [-0.2, -0.15) is 11.8 Å². The fourth-order valence-corrected chi connectivity index (χ4v) is 7.59. The van der Waals surface area contributed by atoms with E-state index in [0.29, 0.717) is 59.9 Å². The molecule has 0 aromatic carbocycles. The number of carboxylic acid groups (broad SMARTS) is 2. The molecule has 0 amide bonds. The van der Waals surface area contributed by atoms with Gasteiger partial charge >= 0.3 is 11.9 Å². The fourth-order valence-electron chi connectivity index (χ4n) is 6.66. The summed E-state index contributed by atoms with van der Waals surface area (Å²) < 4.78 is 0. The first-order valence-corrected chi connectivity index (χ1v) is 18.1. The molecule has 0 aromatic rings. The van der Waals surface area contributed by atoms with Crippen LogP contribution < -0.4 is 0 Å². The average Bonchev–Trinajstić information content (AvgIpc) is 2.90. The number of aliphatic hydroxyl groups excluding tert-OH is 2. The third kappa shape index (κ3) is 10.2. The lowest BCUT2D eigenvalue weighted by Gasteiger charge is -2.37. The minimum absolute atomic E-state index is 0.130. The Labute approximate surface area is 288 Å². The molecule has 0 radical (unpaired) electrons. The standard InChI is InChI=1S/C40H62O6S/c1-23(35(43)44)27(25-19-29(37(3,4)5)33(41)30(20-25)38(6,7)8)15-17-47-18-16-28(24(2)36(45)46)26-21-31(39(9,10)11)34(42)32(22-26)40(12,13)14/h19,21,25-26,41-42H,15-18,20,22H2,1-14H3,(H,43,44)(H,45,46). The Morgan fingerprint density at radius 2 is 0.915 bits per heavy atom. The molecule has 2 aliphatic carbocycles. The summed E-state index contributed by atoms with van der Waals surface area (Å²) >= 11 is 1.70. The number of hydrogen-bond donors (Lipinski definition) is 4. The van der Waals surface area contributed by atoms with Crippen molar-refractivity contribution in [1.29, 1.82) is 0 Å². The Balaban J connectivity index is 2.37. The highest BCUT2D eigenvalue weighted by atomic mass is 32.2. The zero-order chi connectivity index (χ0) is 36.4. The van der Waals surface area contributed by atoms with Crippen LogP contribution in [-0.4, -0.2) is 43.9 Å². The normalized spacial score (nSPS) is 21.2. The summed E-state index contributed by atoms with van der Waals surface area (Å²) in [5.41, 5.74) is 4.89. The van der Waals surface area contributed by atoms with Gasteiger partial charge in [-0.25, -0.2) is 9.59 Å². The van der Waals surface area contributed by atoms with E-state index in [-0.39, 0.29) is 33.5 Å². The van der Waals surface area contributed by atoms with Crippen LogP contribution in [0.2, 0.25) is 0 Å². The molecule has 264 valence electrons. The van der Waals surface area contributed by atoms with Gasteiger partial charge in [-0.15, -0.1) is 0 Å². The zero-order valence-electron chi connectivity index (χ0n) is 31.6. The Morgan fingerprint density at radius 3 is 1.15 bits per heavy atom. The van der Waals surface area contributed by atoms with E-state index in [1.54, 1.807) is 25.6 Å². The summed E-state index contributed by atoms with van der Waals surface area (Å²) in [7, 11) is 0. The molecule has 0 heterocycles. The first-order chi connectivity index (χ1) is 21.2. The fraction of sp³-hybridized carbons (Fsp3) is 0.650. The third-order valence-electron chi connectivity index (χ3n) is 9.62. The SMILES string of the molecule is CC(C(=O)O)=C(CCSCCC(=C(C)C(=O)O)C1C=C(C(C)(C)C)C(O)=C(C(C)(C)C)C1)C1C=C(C(C)(C)C)C(O)=C(C(C)(C)C)C1. The minimum Gasteiger partial charge on any atom is -0.508 e. The van der Waals surface area contributed by atoms with Crippen molar-refractivity contribution in [3.8, 4) is 0 Å². The molecule has 0 fully saturated rings. The average molecular weight is 671 g/mol. The molecule has 6 nitrogen and oxygen atoms in total. The topological polar surface area (TPSA) is 115 Å². The van der Waals surface area contributed by atoms with Gasteiger partial charge in [0.2, 0.25) is 0 Å². The maximum Gasteiger partial charge on any atom is 0.331 e. The number of hydrogen-bond acceptors (Lipinski definition) is 5. The molecule has 47 heavy (non-hydrogen) atoms. The van der Waals surface area contributed by atoms with Crippen molar-refractivity contribution >= 4 is 23.7 Å². The second-order valence-corrected chi connectivity index (χ2v) is 18.7. The molecule has 0 aliphatic heterocycles. The van der Waals surface area contributed by atoms with Crippen molar-refractivity contribution in [2.24, 2.45) is 33.5 Å². The zero-order valence-corrected chi connectivity index (χ0v) is 32.4. The molecule has 7 heteroatoms. The van der Waals surface area contributed by atoms with Crippen LogP contribution in [-0.2, 0) is 9.59 Å². The Morgan fingerprint density at radius 1 is 0.617 bits per heavy atom. The van der Waals surface area contributed by atoms with Crippen LogP contribution in [0.1, 0.15) is 123 Å². The van der Waals surface area contributed by atoms with E-state index < -0.39 is 11.9 Å². The van der Waals surface area contributed by atoms with Gasteiger partial charge in [-0.1, -0.05) is 106 Å². The van der Waals surface area contributed by atoms with E-state index in [1.165, 1.54) is 0 Å². The molecule has 2 aliphatic rings. The van der Waals surface area contributed by atoms with Crippen molar-refractivity contribution < 1.29 is 30.0 Å². The van der Waals surface area contributed by atoms with Crippen LogP contribution in [0.15, 0.2) is 68.3 Å². The van der Waals surface area contributed by atoms with Gasteiger partial charge in [0.25, 0.3) is 0 Å². The van der Waals surface area contributed by atoms with E-state index in [1.807, 2.05) is 0 Å². The summed E-state index contributed by atoms with van der Waals surface area (Å²) in [6, 6.07) is 0. The maximum absolute atomic E-state index is 12.3. The van der Waals surface area contributed by atoms with Gasteiger partial charge in [0.1, 0.15) is 11.5 Å². The summed E-state index contributed by atoms with van der Waals surface area (Å²) in [4.78, 5) is 24.6. The van der Waals surface area contributed by atoms with E-state index in [9.17, 15) is 30.0 Å². The summed E-state index contributed by atoms with van der Waals surface area (Å²) in [5, 5.41) is 42.7. The predicted molar refractivity (Wildman–Crippen MR) is 197 cm³/mol. The Hall–Kier alpha value is -2.67. The van der Waals surface area contributed by atoms with Crippen LogP contribution in [0, 0.1) is 33.5 Å². The lowest BCUT2D eigenvalue weighted by molar-refractivity contribution is -0.133. The molecule has 0 saturated carbocycles. The van der Waals surface area contributed by atoms with Gasteiger partial charge in [-0.3, -0.25) is 0 Å². The molecule has 2 rings (SSSR count). The van der Waals surface area contributed by atoms with Crippen LogP contribution in [0.25, 0.3) is 0 Å². The van der Waals surface area contributed by atoms with Crippen LogP contribution in [0.4, 0.5) is 0 Å². The number of thioether (sulfide) groups is 1. The lowest BCUT2D eigenvalue weighted by atomic mass is 9.69. The predicted octanol–water partition coefficient (Wildman–Crippen LogP) is 11.0. The van der Waals surface area contributed by atoms with Gasteiger partial charge < -0.3 is 20.4 Å². The third-order valence-corrected chi connectivity index (χ3v) is 10.6. The van der Waals surface area contributed by atoms with E-state index in [2.05, 4.69) is 95.2 Å². The van der Waals surface area contributed by atoms with Crippen molar-refractivity contribution in [2.45, 2.75) is 123 Å². The number of rotatable bonds is 10. The molecule has 2 atom stereocenters. The van der Waals surface area contributed by atoms with E-state index in [4.69, 9.17) is 0 Å². The molecule has 4 N–H and O–H groups in total. The monoisotopic (exact) mass is 670 g/mol. The quantitative estimate of drug-likeness (QED) is 0.135. The highest BCUT2D eigenvalue weighted by Gasteiger charge is 2.37. The second-order valence-electron chi connectivity index (χ2n) is 17.5. The molecule has 2 unspecified atom stereocenters. The molecule has 0 saturated heterocycles. The second kappa shape index (κ2) is 14.8. The number of allylic oxidation sites excluding steroid dienone is 8. The smallest absolute Gasteiger partial charge is 0.331 e. The van der Waals surface area contributed by atoms with Gasteiger partial charge in [-0.05, 0) is 95.0 Å². The highest BCUT2D eigenvalue weighted by Crippen LogP contribution is 2.48. The maximum atomic E-state index is 12.3. The van der Waals surface area contributed by atoms with Gasteiger partial charge in [0, 0.05) is 23.0 Å². The largest absolute Gasteiger partial charge is 0.508 e. The molecule has 0 bridgehead atoms. The summed E-state index contributed by atoms with van der Waals surface area (Å²) in [5.74, 6) is -0.0744. The minimum atomic E-state index is -0.932. The number of carboxylic acids is 2. The van der Waals surface area contributed by atoms with Crippen molar-refractivity contribution in [3.05, 3.63) is 68.3 Å². The number of aliphatic hydroxyl groups is 2. The lowest BCUT2D eigenvalue weighted by Crippen LogP contribution is -2.26. The van der Waals surface area contributed by atoms with E-state index >= 15 is 0 Å². The molecular weight excluding hydrogens is 609 g/mol. The van der Waals surface area contributed by atoms with Crippen LogP contribution >= 0.6 is 11.8 Å².